The molecule has 2 rings (SSSR count). The van der Waals surface area contributed by atoms with Crippen LogP contribution in [0, 0.1) is 11.7 Å². The van der Waals surface area contributed by atoms with Crippen LogP contribution in [-0.2, 0) is 6.54 Å². The zero-order valence-electron chi connectivity index (χ0n) is 9.47. The lowest BCUT2D eigenvalue weighted by molar-refractivity contribution is 0.425. The van der Waals surface area contributed by atoms with Gasteiger partial charge >= 0.3 is 0 Å². The number of nitrogens with one attached hydrogen (secondary N) is 1. The van der Waals surface area contributed by atoms with Gasteiger partial charge in [0.25, 0.3) is 0 Å². The van der Waals surface area contributed by atoms with E-state index in [2.05, 4.69) is 28.2 Å². The average molecular weight is 286 g/mol. The van der Waals surface area contributed by atoms with Crippen LogP contribution in [0.25, 0.3) is 0 Å². The van der Waals surface area contributed by atoms with E-state index in [0.717, 1.165) is 22.5 Å². The summed E-state index contributed by atoms with van der Waals surface area (Å²) in [6, 6.07) is 5.50. The molecule has 0 amide bonds. The van der Waals surface area contributed by atoms with Gasteiger partial charge in [-0.05, 0) is 36.5 Å². The van der Waals surface area contributed by atoms with Gasteiger partial charge in [-0.1, -0.05) is 35.3 Å². The molecule has 1 saturated carbocycles. The first kappa shape index (κ1) is 12.1. The normalized spacial score (nSPS) is 24.9. The van der Waals surface area contributed by atoms with Gasteiger partial charge in [0.15, 0.2) is 0 Å². The summed E-state index contributed by atoms with van der Waals surface area (Å²) in [5.41, 5.74) is 1.13. The Kier molecular flexibility index (Phi) is 3.98. The van der Waals surface area contributed by atoms with Gasteiger partial charge < -0.3 is 5.32 Å². The molecule has 1 nitrogen and oxygen atoms in total. The van der Waals surface area contributed by atoms with Gasteiger partial charge in [0.1, 0.15) is 5.82 Å². The van der Waals surface area contributed by atoms with Crippen LogP contribution in [0.4, 0.5) is 4.39 Å². The first-order chi connectivity index (χ1) is 7.66. The van der Waals surface area contributed by atoms with Gasteiger partial charge in [0, 0.05) is 17.1 Å². The minimum absolute atomic E-state index is 0.190. The smallest absolute Gasteiger partial charge is 0.124 e. The highest BCUT2D eigenvalue weighted by atomic mass is 79.9. The van der Waals surface area contributed by atoms with Crippen molar-refractivity contribution in [3.63, 3.8) is 0 Å². The molecule has 0 radical (unpaired) electrons. The molecule has 0 aliphatic heterocycles. The minimum Gasteiger partial charge on any atom is -0.310 e. The van der Waals surface area contributed by atoms with E-state index in [1.165, 1.54) is 31.4 Å². The summed E-state index contributed by atoms with van der Waals surface area (Å²) in [5, 5.41) is 3.56. The minimum atomic E-state index is -0.190. The molecule has 0 heterocycles. The monoisotopic (exact) mass is 285 g/mol. The maximum Gasteiger partial charge on any atom is 0.124 e. The van der Waals surface area contributed by atoms with E-state index in [1.54, 1.807) is 0 Å². The molecule has 1 aliphatic carbocycles. The third-order valence-corrected chi connectivity index (χ3v) is 4.17. The number of hydrogen-bond acceptors (Lipinski definition) is 1. The van der Waals surface area contributed by atoms with Crippen LogP contribution in [0.15, 0.2) is 22.7 Å². The van der Waals surface area contributed by atoms with Crippen molar-refractivity contribution in [2.75, 3.05) is 0 Å². The molecular weight excluding hydrogens is 269 g/mol. The lowest BCUT2D eigenvalue weighted by Crippen LogP contribution is -2.30. The summed E-state index contributed by atoms with van der Waals surface area (Å²) in [7, 11) is 0. The Morgan fingerprint density at radius 1 is 1.44 bits per heavy atom. The maximum atomic E-state index is 12.9. The molecule has 1 aromatic carbocycles. The second-order valence-electron chi connectivity index (χ2n) is 4.63. The van der Waals surface area contributed by atoms with Crippen LogP contribution in [0.1, 0.15) is 31.7 Å². The van der Waals surface area contributed by atoms with Gasteiger partial charge in [-0.25, -0.2) is 4.39 Å². The van der Waals surface area contributed by atoms with Gasteiger partial charge in [0.05, 0.1) is 0 Å². The van der Waals surface area contributed by atoms with Crippen molar-refractivity contribution < 1.29 is 4.39 Å². The van der Waals surface area contributed by atoms with E-state index in [4.69, 9.17) is 0 Å². The summed E-state index contributed by atoms with van der Waals surface area (Å²) >= 11 is 3.39. The summed E-state index contributed by atoms with van der Waals surface area (Å²) in [6.07, 6.45) is 3.91. The van der Waals surface area contributed by atoms with Crippen molar-refractivity contribution in [1.82, 2.24) is 5.32 Å². The van der Waals surface area contributed by atoms with E-state index in [9.17, 15) is 4.39 Å². The first-order valence-electron chi connectivity index (χ1n) is 5.84. The second kappa shape index (κ2) is 5.28. The van der Waals surface area contributed by atoms with Crippen molar-refractivity contribution in [2.45, 2.75) is 38.8 Å². The molecule has 3 heteroatoms. The number of benzene rings is 1. The highest BCUT2D eigenvalue weighted by molar-refractivity contribution is 9.10. The third kappa shape index (κ3) is 2.83. The van der Waals surface area contributed by atoms with Crippen LogP contribution in [0.5, 0.6) is 0 Å². The van der Waals surface area contributed by atoms with Crippen LogP contribution < -0.4 is 5.32 Å². The largest absolute Gasteiger partial charge is 0.310 e. The summed E-state index contributed by atoms with van der Waals surface area (Å²) in [5.74, 6) is 0.573. The van der Waals surface area contributed by atoms with Crippen molar-refractivity contribution in [3.05, 3.63) is 34.1 Å². The Morgan fingerprint density at radius 2 is 2.25 bits per heavy atom. The Labute approximate surface area is 105 Å². The predicted octanol–water partition coefficient (Wildman–Crippen LogP) is 3.87. The number of halogens is 2. The van der Waals surface area contributed by atoms with Crippen LogP contribution in [0.2, 0.25) is 0 Å². The molecule has 0 bridgehead atoms. The van der Waals surface area contributed by atoms with Crippen molar-refractivity contribution in [3.8, 4) is 0 Å². The standard InChI is InChI=1S/C13H17BrFN/c1-9-3-2-4-13(9)16-8-10-5-6-11(15)7-12(10)14/h5-7,9,13,16H,2-4,8H2,1H3. The number of rotatable bonds is 3. The van der Waals surface area contributed by atoms with Gasteiger partial charge in [-0.15, -0.1) is 0 Å². The van der Waals surface area contributed by atoms with Crippen molar-refractivity contribution >= 4 is 15.9 Å². The fourth-order valence-corrected chi connectivity index (χ4v) is 2.85. The molecule has 1 N–H and O–H groups in total. The molecule has 88 valence electrons. The van der Waals surface area contributed by atoms with E-state index in [0.29, 0.717) is 6.04 Å². The molecule has 1 aliphatic rings. The molecule has 1 aromatic rings. The molecule has 0 aromatic heterocycles. The Morgan fingerprint density at radius 3 is 2.88 bits per heavy atom. The van der Waals surface area contributed by atoms with Crippen molar-refractivity contribution in [2.24, 2.45) is 5.92 Å². The molecule has 16 heavy (non-hydrogen) atoms. The predicted molar refractivity (Wildman–Crippen MR) is 67.7 cm³/mol. The fourth-order valence-electron chi connectivity index (χ4n) is 2.35. The van der Waals surface area contributed by atoms with Crippen molar-refractivity contribution in [1.29, 1.82) is 0 Å². The first-order valence-corrected chi connectivity index (χ1v) is 6.63. The maximum absolute atomic E-state index is 12.9. The Balaban J connectivity index is 1.94. The molecule has 0 spiro atoms. The SMILES string of the molecule is CC1CCCC1NCc1ccc(F)cc1Br. The summed E-state index contributed by atoms with van der Waals surface area (Å²) in [4.78, 5) is 0. The lowest BCUT2D eigenvalue weighted by Gasteiger charge is -2.17. The average Bonchev–Trinajstić information content (AvgIpc) is 2.63. The van der Waals surface area contributed by atoms with Gasteiger partial charge in [-0.3, -0.25) is 0 Å². The molecular formula is C13H17BrFN. The quantitative estimate of drug-likeness (QED) is 0.889. The van der Waals surface area contributed by atoms with Crippen LogP contribution in [0.3, 0.4) is 0 Å². The third-order valence-electron chi connectivity index (χ3n) is 3.43. The van der Waals surface area contributed by atoms with E-state index in [-0.39, 0.29) is 5.82 Å². The van der Waals surface area contributed by atoms with Crippen LogP contribution >= 0.6 is 15.9 Å². The molecule has 1 fully saturated rings. The number of hydrogen-bond donors (Lipinski definition) is 1. The van der Waals surface area contributed by atoms with E-state index >= 15 is 0 Å². The lowest BCUT2D eigenvalue weighted by atomic mass is 10.1. The van der Waals surface area contributed by atoms with Crippen LogP contribution in [-0.4, -0.2) is 6.04 Å². The van der Waals surface area contributed by atoms with Gasteiger partial charge in [0.2, 0.25) is 0 Å². The molecule has 2 atom stereocenters. The topological polar surface area (TPSA) is 12.0 Å². The summed E-state index contributed by atoms with van der Waals surface area (Å²) in [6.45, 7) is 3.11. The van der Waals surface area contributed by atoms with E-state index in [1.807, 2.05) is 6.07 Å². The zero-order valence-corrected chi connectivity index (χ0v) is 11.1. The Hall–Kier alpha value is -0.410. The zero-order chi connectivity index (χ0) is 11.5. The second-order valence-corrected chi connectivity index (χ2v) is 5.49. The van der Waals surface area contributed by atoms with E-state index < -0.39 is 0 Å². The van der Waals surface area contributed by atoms with Gasteiger partial charge in [-0.2, -0.15) is 0 Å². The Bertz CT molecular complexity index is 367. The fraction of sp³-hybridized carbons (Fsp3) is 0.538. The highest BCUT2D eigenvalue weighted by Crippen LogP contribution is 2.25. The summed E-state index contributed by atoms with van der Waals surface area (Å²) < 4.78 is 13.8. The molecule has 0 saturated heterocycles. The molecule has 2 unspecified atom stereocenters. The highest BCUT2D eigenvalue weighted by Gasteiger charge is 2.22.